The molecular formula is C38H34O3. The molecule has 5 aromatic rings. The van der Waals surface area contributed by atoms with Gasteiger partial charge in [-0.3, -0.25) is 0 Å². The highest BCUT2D eigenvalue weighted by Gasteiger charge is 2.37. The van der Waals surface area contributed by atoms with Gasteiger partial charge in [0.1, 0.15) is 11.5 Å². The average Bonchev–Trinajstić information content (AvgIpc) is 3.06. The van der Waals surface area contributed by atoms with Crippen LogP contribution in [0.2, 0.25) is 0 Å². The van der Waals surface area contributed by atoms with Gasteiger partial charge >= 0.3 is 5.97 Å². The fourth-order valence-corrected chi connectivity index (χ4v) is 6.24. The van der Waals surface area contributed by atoms with Gasteiger partial charge in [-0.05, 0) is 71.5 Å². The Labute approximate surface area is 242 Å². The lowest BCUT2D eigenvalue weighted by atomic mass is 9.64. The third kappa shape index (κ3) is 5.40. The summed E-state index contributed by atoms with van der Waals surface area (Å²) < 4.78 is 11.8. The van der Waals surface area contributed by atoms with Crippen molar-refractivity contribution in [3.8, 4) is 33.8 Å². The van der Waals surface area contributed by atoms with Crippen molar-refractivity contribution in [2.24, 2.45) is 0 Å². The zero-order valence-corrected chi connectivity index (χ0v) is 23.4. The molecule has 0 bridgehead atoms. The van der Waals surface area contributed by atoms with Crippen LogP contribution in [0.3, 0.4) is 0 Å². The standard InChI is InChI=1S/C38H34O3/c1-40-35-22-20-31(26-33(35)28-14-6-2-7-15-28)38(24-12-5-13-25-38)32-21-23-36(34(27-32)29-16-8-3-9-17-29)41-37(39)30-18-10-4-11-19-30/h2-4,6-11,14-23,26-27H,5,12-13,24-25H2,1H3. The van der Waals surface area contributed by atoms with Crippen LogP contribution in [0.15, 0.2) is 127 Å². The molecule has 1 saturated carbocycles. The first kappa shape index (κ1) is 26.6. The molecule has 0 spiro atoms. The number of carbonyl (C=O) groups is 1. The number of carbonyl (C=O) groups excluding carboxylic acids is 1. The second-order valence-electron chi connectivity index (χ2n) is 10.8. The van der Waals surface area contributed by atoms with E-state index in [1.54, 1.807) is 19.2 Å². The van der Waals surface area contributed by atoms with E-state index in [4.69, 9.17) is 9.47 Å². The normalized spacial score (nSPS) is 14.3. The van der Waals surface area contributed by atoms with E-state index in [1.807, 2.05) is 48.5 Å². The number of esters is 1. The lowest BCUT2D eigenvalue weighted by Gasteiger charge is -2.39. The van der Waals surface area contributed by atoms with Crippen LogP contribution < -0.4 is 9.47 Å². The molecule has 3 nitrogen and oxygen atoms in total. The Bertz CT molecular complexity index is 1620. The van der Waals surface area contributed by atoms with Crippen molar-refractivity contribution in [2.75, 3.05) is 7.11 Å². The molecule has 1 aliphatic carbocycles. The predicted molar refractivity (Wildman–Crippen MR) is 166 cm³/mol. The van der Waals surface area contributed by atoms with Gasteiger partial charge in [0.15, 0.2) is 0 Å². The monoisotopic (exact) mass is 538 g/mol. The minimum Gasteiger partial charge on any atom is -0.496 e. The summed E-state index contributed by atoms with van der Waals surface area (Å²) in [6.07, 6.45) is 5.69. The van der Waals surface area contributed by atoms with E-state index < -0.39 is 0 Å². The first-order valence-corrected chi connectivity index (χ1v) is 14.4. The van der Waals surface area contributed by atoms with Gasteiger partial charge < -0.3 is 9.47 Å². The molecule has 6 rings (SSSR count). The summed E-state index contributed by atoms with van der Waals surface area (Å²) in [6, 6.07) is 42.9. The van der Waals surface area contributed by atoms with Crippen LogP contribution in [0.5, 0.6) is 11.5 Å². The van der Waals surface area contributed by atoms with Crippen LogP contribution in [0.25, 0.3) is 22.3 Å². The molecule has 0 aromatic heterocycles. The van der Waals surface area contributed by atoms with Crippen molar-refractivity contribution in [2.45, 2.75) is 37.5 Å². The highest BCUT2D eigenvalue weighted by molar-refractivity contribution is 5.92. The number of ether oxygens (including phenoxy) is 2. The van der Waals surface area contributed by atoms with Crippen molar-refractivity contribution in [1.82, 2.24) is 0 Å². The molecule has 0 atom stereocenters. The van der Waals surface area contributed by atoms with Gasteiger partial charge in [-0.2, -0.15) is 0 Å². The van der Waals surface area contributed by atoms with Crippen LogP contribution in [0, 0.1) is 0 Å². The van der Waals surface area contributed by atoms with E-state index in [2.05, 4.69) is 66.7 Å². The van der Waals surface area contributed by atoms with Crippen LogP contribution in [0.1, 0.15) is 53.6 Å². The van der Waals surface area contributed by atoms with E-state index in [1.165, 1.54) is 17.5 Å². The number of rotatable bonds is 7. The summed E-state index contributed by atoms with van der Waals surface area (Å²) in [5.74, 6) is 1.09. The Morgan fingerprint density at radius 3 is 1.61 bits per heavy atom. The third-order valence-electron chi connectivity index (χ3n) is 8.37. The molecule has 3 heteroatoms. The molecule has 1 fully saturated rings. The molecule has 0 unspecified atom stereocenters. The first-order valence-electron chi connectivity index (χ1n) is 14.4. The smallest absolute Gasteiger partial charge is 0.343 e. The van der Waals surface area contributed by atoms with Gasteiger partial charge in [-0.1, -0.05) is 110 Å². The first-order chi connectivity index (χ1) is 20.2. The summed E-state index contributed by atoms with van der Waals surface area (Å²) in [5.41, 5.74) is 7.12. The maximum atomic E-state index is 13.1. The minimum atomic E-state index is -0.356. The summed E-state index contributed by atoms with van der Waals surface area (Å²) in [6.45, 7) is 0. The Morgan fingerprint density at radius 2 is 1.07 bits per heavy atom. The predicted octanol–water partition coefficient (Wildman–Crippen LogP) is 9.50. The minimum absolute atomic E-state index is 0.153. The number of hydrogen-bond acceptors (Lipinski definition) is 3. The van der Waals surface area contributed by atoms with Crippen molar-refractivity contribution >= 4 is 5.97 Å². The maximum absolute atomic E-state index is 13.1. The van der Waals surface area contributed by atoms with Crippen LogP contribution in [-0.4, -0.2) is 13.1 Å². The van der Waals surface area contributed by atoms with E-state index in [0.717, 1.165) is 53.7 Å². The van der Waals surface area contributed by atoms with Gasteiger partial charge in [0.05, 0.1) is 12.7 Å². The molecule has 1 aliphatic rings. The highest BCUT2D eigenvalue weighted by atomic mass is 16.5. The quantitative estimate of drug-likeness (QED) is 0.153. The van der Waals surface area contributed by atoms with Gasteiger partial charge in [0, 0.05) is 16.5 Å². The molecule has 5 aromatic carbocycles. The second-order valence-corrected chi connectivity index (χ2v) is 10.8. The molecule has 0 aliphatic heterocycles. The third-order valence-corrected chi connectivity index (χ3v) is 8.37. The van der Waals surface area contributed by atoms with E-state index in [-0.39, 0.29) is 11.4 Å². The van der Waals surface area contributed by atoms with Crippen molar-refractivity contribution < 1.29 is 14.3 Å². The molecule has 0 radical (unpaired) electrons. The van der Waals surface area contributed by atoms with Gasteiger partial charge in [-0.25, -0.2) is 4.79 Å². The zero-order chi connectivity index (χ0) is 28.1. The van der Waals surface area contributed by atoms with E-state index in [0.29, 0.717) is 11.3 Å². The second kappa shape index (κ2) is 11.9. The van der Waals surface area contributed by atoms with Gasteiger partial charge in [0.2, 0.25) is 0 Å². The van der Waals surface area contributed by atoms with Crippen LogP contribution in [-0.2, 0) is 5.41 Å². The summed E-state index contributed by atoms with van der Waals surface area (Å²) in [5, 5.41) is 0. The maximum Gasteiger partial charge on any atom is 0.343 e. The Morgan fingerprint density at radius 1 is 0.585 bits per heavy atom. The van der Waals surface area contributed by atoms with Crippen molar-refractivity contribution in [3.05, 3.63) is 144 Å². The van der Waals surface area contributed by atoms with Gasteiger partial charge in [-0.15, -0.1) is 0 Å². The number of benzene rings is 5. The fraction of sp³-hybridized carbons (Fsp3) is 0.184. The average molecular weight is 539 g/mol. The van der Waals surface area contributed by atoms with Crippen LogP contribution >= 0.6 is 0 Å². The lowest BCUT2D eigenvalue weighted by molar-refractivity contribution is 0.0735. The largest absolute Gasteiger partial charge is 0.496 e. The highest BCUT2D eigenvalue weighted by Crippen LogP contribution is 2.48. The summed E-state index contributed by atoms with van der Waals surface area (Å²) in [7, 11) is 1.74. The number of methoxy groups -OCH3 is 1. The van der Waals surface area contributed by atoms with Crippen molar-refractivity contribution in [1.29, 1.82) is 0 Å². The van der Waals surface area contributed by atoms with E-state index in [9.17, 15) is 4.79 Å². The summed E-state index contributed by atoms with van der Waals surface area (Å²) in [4.78, 5) is 13.1. The number of hydrogen-bond donors (Lipinski definition) is 0. The molecule has 0 heterocycles. The summed E-state index contributed by atoms with van der Waals surface area (Å²) >= 11 is 0. The molecule has 0 N–H and O–H groups in total. The molecule has 41 heavy (non-hydrogen) atoms. The lowest BCUT2D eigenvalue weighted by Crippen LogP contribution is -2.30. The Hall–Kier alpha value is -4.63. The van der Waals surface area contributed by atoms with Crippen LogP contribution in [0.4, 0.5) is 0 Å². The topological polar surface area (TPSA) is 35.5 Å². The Kier molecular flexibility index (Phi) is 7.69. The van der Waals surface area contributed by atoms with Crippen molar-refractivity contribution in [3.63, 3.8) is 0 Å². The zero-order valence-electron chi connectivity index (χ0n) is 23.4. The molecule has 0 saturated heterocycles. The molecular weight excluding hydrogens is 504 g/mol. The molecule has 0 amide bonds. The Balaban J connectivity index is 1.48. The fourth-order valence-electron chi connectivity index (χ4n) is 6.24. The SMILES string of the molecule is COc1ccc(C2(c3ccc(OC(=O)c4ccccc4)c(-c4ccccc4)c3)CCCCC2)cc1-c1ccccc1. The molecule has 204 valence electrons. The van der Waals surface area contributed by atoms with E-state index >= 15 is 0 Å². The van der Waals surface area contributed by atoms with Gasteiger partial charge in [0.25, 0.3) is 0 Å².